The zero-order chi connectivity index (χ0) is 17.3. The van der Waals surface area contributed by atoms with E-state index in [1.807, 2.05) is 12.1 Å². The van der Waals surface area contributed by atoms with Gasteiger partial charge in [-0.05, 0) is 30.5 Å². The highest BCUT2D eigenvalue weighted by atomic mass is 16.5. The Hall–Kier alpha value is -1.59. The summed E-state index contributed by atoms with van der Waals surface area (Å²) in [4.78, 5) is 12.1. The Morgan fingerprint density at radius 2 is 1.83 bits per heavy atom. The predicted octanol–water partition coefficient (Wildman–Crippen LogP) is 2.25. The van der Waals surface area contributed by atoms with E-state index in [0.29, 0.717) is 26.2 Å². The summed E-state index contributed by atoms with van der Waals surface area (Å²) in [5, 5.41) is 6.21. The third kappa shape index (κ3) is 5.21. The number of carbonyl (C=O) groups excluding carboxylic acids is 1. The van der Waals surface area contributed by atoms with Gasteiger partial charge in [-0.25, -0.2) is 0 Å². The van der Waals surface area contributed by atoms with Crippen LogP contribution in [0.4, 0.5) is 0 Å². The lowest BCUT2D eigenvalue weighted by molar-refractivity contribution is -0.120. The highest BCUT2D eigenvalue weighted by Gasteiger charge is 2.34. The summed E-state index contributed by atoms with van der Waals surface area (Å²) in [7, 11) is 3.34. The molecule has 1 aliphatic rings. The first-order valence-electron chi connectivity index (χ1n) is 8.81. The normalized spacial score (nSPS) is 16.6. The molecule has 1 aliphatic carbocycles. The Morgan fingerprint density at radius 1 is 1.12 bits per heavy atom. The van der Waals surface area contributed by atoms with Crippen molar-refractivity contribution in [2.75, 3.05) is 40.5 Å². The van der Waals surface area contributed by atoms with Crippen LogP contribution in [0.2, 0.25) is 0 Å². The van der Waals surface area contributed by atoms with Gasteiger partial charge in [0.15, 0.2) is 0 Å². The summed E-state index contributed by atoms with van der Waals surface area (Å²) in [6.45, 7) is 2.34. The van der Waals surface area contributed by atoms with Crippen LogP contribution in [-0.4, -0.2) is 46.4 Å². The molecule has 5 nitrogen and oxygen atoms in total. The van der Waals surface area contributed by atoms with Gasteiger partial charge in [0.1, 0.15) is 5.75 Å². The van der Waals surface area contributed by atoms with Crippen molar-refractivity contribution in [3.8, 4) is 5.75 Å². The quantitative estimate of drug-likeness (QED) is 0.680. The van der Waals surface area contributed by atoms with Crippen molar-refractivity contribution in [2.45, 2.75) is 37.5 Å². The maximum Gasteiger partial charge on any atom is 0.233 e. The van der Waals surface area contributed by atoms with E-state index < -0.39 is 0 Å². The zero-order valence-electron chi connectivity index (χ0n) is 14.9. The maximum absolute atomic E-state index is 12.1. The van der Waals surface area contributed by atoms with Crippen LogP contribution in [-0.2, 0) is 14.9 Å². The number of benzene rings is 1. The van der Waals surface area contributed by atoms with Crippen LogP contribution in [0.5, 0.6) is 5.75 Å². The van der Waals surface area contributed by atoms with E-state index in [1.54, 1.807) is 14.2 Å². The van der Waals surface area contributed by atoms with Gasteiger partial charge >= 0.3 is 0 Å². The van der Waals surface area contributed by atoms with Crippen LogP contribution < -0.4 is 15.4 Å². The fraction of sp³-hybridized carbons (Fsp3) is 0.632. The van der Waals surface area contributed by atoms with Crippen molar-refractivity contribution < 1.29 is 14.3 Å². The second-order valence-electron chi connectivity index (χ2n) is 6.52. The molecule has 5 heteroatoms. The van der Waals surface area contributed by atoms with Gasteiger partial charge in [-0.15, -0.1) is 0 Å². The predicted molar refractivity (Wildman–Crippen MR) is 95.5 cm³/mol. The Morgan fingerprint density at radius 3 is 2.46 bits per heavy atom. The van der Waals surface area contributed by atoms with Gasteiger partial charge < -0.3 is 20.1 Å². The van der Waals surface area contributed by atoms with Gasteiger partial charge in [0.2, 0.25) is 5.91 Å². The molecule has 24 heavy (non-hydrogen) atoms. The molecule has 1 saturated carbocycles. The van der Waals surface area contributed by atoms with Crippen LogP contribution in [0.1, 0.15) is 37.7 Å². The highest BCUT2D eigenvalue weighted by molar-refractivity contribution is 5.78. The van der Waals surface area contributed by atoms with Crippen molar-refractivity contribution in [3.05, 3.63) is 29.8 Å². The molecule has 0 radical (unpaired) electrons. The Balaban J connectivity index is 1.95. The number of nitrogens with one attached hydrogen (secondary N) is 2. The van der Waals surface area contributed by atoms with Gasteiger partial charge in [0, 0.05) is 25.6 Å². The van der Waals surface area contributed by atoms with E-state index in [1.165, 1.54) is 24.8 Å². The molecule has 0 saturated heterocycles. The largest absolute Gasteiger partial charge is 0.497 e. The third-order valence-corrected chi connectivity index (χ3v) is 4.91. The number of ether oxygens (including phenoxy) is 2. The van der Waals surface area contributed by atoms with Crippen molar-refractivity contribution in [1.29, 1.82) is 0 Å². The van der Waals surface area contributed by atoms with Gasteiger partial charge in [-0.2, -0.15) is 0 Å². The molecule has 0 heterocycles. The average molecular weight is 334 g/mol. The molecule has 0 unspecified atom stereocenters. The lowest BCUT2D eigenvalue weighted by Crippen LogP contribution is -2.45. The minimum atomic E-state index is 0.0459. The molecule has 0 aliphatic heterocycles. The molecular formula is C19H30N2O3. The topological polar surface area (TPSA) is 59.6 Å². The fourth-order valence-electron chi connectivity index (χ4n) is 3.45. The van der Waals surface area contributed by atoms with Crippen molar-refractivity contribution in [3.63, 3.8) is 0 Å². The molecule has 2 N–H and O–H groups in total. The molecule has 1 fully saturated rings. The smallest absolute Gasteiger partial charge is 0.233 e. The molecular weight excluding hydrogens is 304 g/mol. The number of amides is 1. The molecule has 2 rings (SSSR count). The lowest BCUT2D eigenvalue weighted by atomic mass is 9.69. The van der Waals surface area contributed by atoms with Crippen LogP contribution in [0.25, 0.3) is 0 Å². The zero-order valence-corrected chi connectivity index (χ0v) is 14.9. The van der Waals surface area contributed by atoms with Crippen LogP contribution in [0.3, 0.4) is 0 Å². The minimum absolute atomic E-state index is 0.0459. The molecule has 0 bridgehead atoms. The molecule has 1 amide bonds. The Kier molecular flexibility index (Phi) is 7.53. The van der Waals surface area contributed by atoms with E-state index >= 15 is 0 Å². The summed E-state index contributed by atoms with van der Waals surface area (Å²) >= 11 is 0. The summed E-state index contributed by atoms with van der Waals surface area (Å²) in [5.74, 6) is 0.917. The second kappa shape index (κ2) is 9.64. The first kappa shape index (κ1) is 18.7. The van der Waals surface area contributed by atoms with E-state index in [4.69, 9.17) is 9.47 Å². The number of carbonyl (C=O) groups is 1. The SMILES string of the molecule is COCCNCC(=O)NCC1(c2ccc(OC)cc2)CCCCC1. The molecule has 0 atom stereocenters. The third-order valence-electron chi connectivity index (χ3n) is 4.91. The molecule has 134 valence electrons. The second-order valence-corrected chi connectivity index (χ2v) is 6.52. The monoisotopic (exact) mass is 334 g/mol. The summed E-state index contributed by atoms with van der Waals surface area (Å²) < 4.78 is 10.2. The van der Waals surface area contributed by atoms with Gasteiger partial charge in [0.25, 0.3) is 0 Å². The number of methoxy groups -OCH3 is 2. The highest BCUT2D eigenvalue weighted by Crippen LogP contribution is 2.39. The van der Waals surface area contributed by atoms with Crippen LogP contribution in [0, 0.1) is 0 Å². The molecule has 0 aromatic heterocycles. The summed E-state index contributed by atoms with van der Waals surface area (Å²) in [6, 6.07) is 8.32. The molecule has 0 spiro atoms. The number of hydrogen-bond donors (Lipinski definition) is 2. The van der Waals surface area contributed by atoms with Crippen LogP contribution in [0.15, 0.2) is 24.3 Å². The van der Waals surface area contributed by atoms with Crippen molar-refractivity contribution >= 4 is 5.91 Å². The number of rotatable bonds is 9. The first-order chi connectivity index (χ1) is 11.7. The van der Waals surface area contributed by atoms with Crippen molar-refractivity contribution in [1.82, 2.24) is 10.6 Å². The summed E-state index contributed by atoms with van der Waals surface area (Å²) in [5.41, 5.74) is 1.35. The lowest BCUT2D eigenvalue weighted by Gasteiger charge is -2.38. The van der Waals surface area contributed by atoms with Gasteiger partial charge in [0.05, 0.1) is 20.3 Å². The van der Waals surface area contributed by atoms with E-state index in [9.17, 15) is 4.79 Å². The summed E-state index contributed by atoms with van der Waals surface area (Å²) in [6.07, 6.45) is 5.96. The Labute approximate surface area is 145 Å². The van der Waals surface area contributed by atoms with Gasteiger partial charge in [-0.3, -0.25) is 4.79 Å². The van der Waals surface area contributed by atoms with Crippen molar-refractivity contribution in [2.24, 2.45) is 0 Å². The van der Waals surface area contributed by atoms with E-state index in [2.05, 4.69) is 22.8 Å². The molecule has 1 aromatic rings. The fourth-order valence-corrected chi connectivity index (χ4v) is 3.45. The van der Waals surface area contributed by atoms with E-state index in [-0.39, 0.29) is 11.3 Å². The van der Waals surface area contributed by atoms with E-state index in [0.717, 1.165) is 18.6 Å². The maximum atomic E-state index is 12.1. The minimum Gasteiger partial charge on any atom is -0.497 e. The standard InChI is InChI=1S/C19H30N2O3/c1-23-13-12-20-14-18(22)21-15-19(10-4-3-5-11-19)16-6-8-17(24-2)9-7-16/h6-9,20H,3-5,10-15H2,1-2H3,(H,21,22). The first-order valence-corrected chi connectivity index (χ1v) is 8.81. The Bertz CT molecular complexity index is 496. The number of hydrogen-bond acceptors (Lipinski definition) is 4. The van der Waals surface area contributed by atoms with Crippen LogP contribution >= 0.6 is 0 Å². The van der Waals surface area contributed by atoms with Gasteiger partial charge in [-0.1, -0.05) is 31.4 Å². The average Bonchev–Trinajstić information content (AvgIpc) is 2.64. The molecule has 1 aromatic carbocycles.